The normalized spacial score (nSPS) is 25.7. The van der Waals surface area contributed by atoms with Gasteiger partial charge in [0.05, 0.1) is 26.2 Å². The summed E-state index contributed by atoms with van der Waals surface area (Å²) in [7, 11) is 0. The summed E-state index contributed by atoms with van der Waals surface area (Å²) in [6.07, 6.45) is -1.92. The molecule has 0 unspecified atom stereocenters. The molecule has 8 nitrogen and oxygen atoms in total. The van der Waals surface area contributed by atoms with Crippen LogP contribution in [0, 0.1) is 0 Å². The van der Waals surface area contributed by atoms with Crippen LogP contribution in [0.25, 0.3) is 0 Å². The Labute approximate surface area is 135 Å². The van der Waals surface area contributed by atoms with Crippen LogP contribution in [0.1, 0.15) is 41.0 Å². The predicted molar refractivity (Wildman–Crippen MR) is 77.3 cm³/mol. The first kappa shape index (κ1) is 19.4. The Hall–Kier alpha value is -1.67. The Balaban J connectivity index is 3.23. The Morgan fingerprint density at radius 1 is 0.957 bits per heavy atom. The summed E-state index contributed by atoms with van der Waals surface area (Å²) in [5, 5.41) is 0. The van der Waals surface area contributed by atoms with E-state index in [9.17, 15) is 14.4 Å². The number of hydrogen-bond acceptors (Lipinski definition) is 8. The van der Waals surface area contributed by atoms with E-state index in [4.69, 9.17) is 23.7 Å². The summed E-state index contributed by atoms with van der Waals surface area (Å²) in [6.45, 7) is 8.21. The van der Waals surface area contributed by atoms with Crippen molar-refractivity contribution < 1.29 is 38.1 Å². The lowest BCUT2D eigenvalue weighted by molar-refractivity contribution is -0.194. The average molecular weight is 332 g/mol. The first-order valence-electron chi connectivity index (χ1n) is 7.59. The summed E-state index contributed by atoms with van der Waals surface area (Å²) >= 11 is 0. The lowest BCUT2D eigenvalue weighted by Gasteiger charge is -2.28. The highest BCUT2D eigenvalue weighted by molar-refractivity contribution is 5.93. The molecule has 0 N–H and O–H groups in total. The molecule has 0 bridgehead atoms. The van der Waals surface area contributed by atoms with Gasteiger partial charge in [-0.05, 0) is 34.6 Å². The number of ether oxygens (including phenoxy) is 5. The molecule has 0 spiro atoms. The minimum Gasteiger partial charge on any atom is -0.466 e. The van der Waals surface area contributed by atoms with Crippen LogP contribution >= 0.6 is 0 Å². The van der Waals surface area contributed by atoms with E-state index in [0.29, 0.717) is 0 Å². The van der Waals surface area contributed by atoms with E-state index in [1.165, 1.54) is 13.8 Å². The van der Waals surface area contributed by atoms with Crippen molar-refractivity contribution in [1.82, 2.24) is 0 Å². The first-order valence-corrected chi connectivity index (χ1v) is 7.59. The van der Waals surface area contributed by atoms with Crippen molar-refractivity contribution >= 4 is 17.9 Å². The van der Waals surface area contributed by atoms with E-state index < -0.39 is 41.8 Å². The quantitative estimate of drug-likeness (QED) is 0.502. The second-order valence-electron chi connectivity index (χ2n) is 5.34. The van der Waals surface area contributed by atoms with Gasteiger partial charge in [-0.25, -0.2) is 9.59 Å². The number of hydrogen-bond donors (Lipinski definition) is 0. The van der Waals surface area contributed by atoms with Gasteiger partial charge in [0.2, 0.25) is 5.60 Å². The van der Waals surface area contributed by atoms with E-state index in [2.05, 4.69) is 0 Å². The molecule has 1 rings (SSSR count). The third-order valence-electron chi connectivity index (χ3n) is 3.09. The van der Waals surface area contributed by atoms with E-state index in [1.54, 1.807) is 20.8 Å². The Kier molecular flexibility index (Phi) is 6.52. The predicted octanol–water partition coefficient (Wildman–Crippen LogP) is 0.956. The molecule has 132 valence electrons. The Morgan fingerprint density at radius 3 is 2.04 bits per heavy atom. The van der Waals surface area contributed by atoms with Gasteiger partial charge in [-0.2, -0.15) is 0 Å². The zero-order chi connectivity index (χ0) is 17.7. The fraction of sp³-hybridized carbons (Fsp3) is 0.800. The Morgan fingerprint density at radius 2 is 1.52 bits per heavy atom. The topological polar surface area (TPSA) is 97.4 Å². The summed E-state index contributed by atoms with van der Waals surface area (Å²) in [6, 6.07) is 0. The molecule has 0 aromatic carbocycles. The summed E-state index contributed by atoms with van der Waals surface area (Å²) in [4.78, 5) is 36.6. The molecule has 0 aromatic rings. The molecule has 1 saturated heterocycles. The smallest absolute Gasteiger partial charge is 0.342 e. The summed E-state index contributed by atoms with van der Waals surface area (Å²) < 4.78 is 26.0. The molecule has 1 heterocycles. The maximum absolute atomic E-state index is 12.5. The number of carbonyl (C=O) groups is 3. The van der Waals surface area contributed by atoms with Gasteiger partial charge in [0.25, 0.3) is 0 Å². The zero-order valence-corrected chi connectivity index (χ0v) is 14.2. The van der Waals surface area contributed by atoms with E-state index in [-0.39, 0.29) is 19.8 Å². The second-order valence-corrected chi connectivity index (χ2v) is 5.34. The van der Waals surface area contributed by atoms with Crippen molar-refractivity contribution in [1.29, 1.82) is 0 Å². The van der Waals surface area contributed by atoms with Crippen molar-refractivity contribution in [3.63, 3.8) is 0 Å². The lowest BCUT2D eigenvalue weighted by Crippen LogP contribution is -2.54. The van der Waals surface area contributed by atoms with E-state index >= 15 is 0 Å². The molecule has 1 fully saturated rings. The van der Waals surface area contributed by atoms with Crippen LogP contribution in [0.5, 0.6) is 0 Å². The van der Waals surface area contributed by atoms with Crippen molar-refractivity contribution in [3.05, 3.63) is 0 Å². The average Bonchev–Trinajstić information content (AvgIpc) is 2.72. The standard InChI is InChI=1S/C15H24O8/c1-6-19-10(16)9-15(13(18)21-8-3)11(12(17)20-7-2)22-14(4,5)23-15/h11H,6-9H2,1-5H3/t11-,15-/m1/s1. The minimum atomic E-state index is -1.93. The molecular formula is C15H24O8. The third kappa shape index (κ3) is 4.42. The van der Waals surface area contributed by atoms with Gasteiger partial charge in [0.1, 0.15) is 0 Å². The van der Waals surface area contributed by atoms with E-state index in [1.807, 2.05) is 0 Å². The van der Waals surface area contributed by atoms with Crippen molar-refractivity contribution in [2.75, 3.05) is 19.8 Å². The highest BCUT2D eigenvalue weighted by atomic mass is 16.8. The molecule has 0 radical (unpaired) electrons. The molecule has 23 heavy (non-hydrogen) atoms. The fourth-order valence-corrected chi connectivity index (χ4v) is 2.38. The van der Waals surface area contributed by atoms with Crippen LogP contribution in [0.15, 0.2) is 0 Å². The molecule has 0 amide bonds. The van der Waals surface area contributed by atoms with Crippen LogP contribution in [0.2, 0.25) is 0 Å². The third-order valence-corrected chi connectivity index (χ3v) is 3.09. The SMILES string of the molecule is CCOC(=O)C[C@@]1(C(=O)OCC)OC(C)(C)O[C@@H]1C(=O)OCC. The molecular weight excluding hydrogens is 308 g/mol. The van der Waals surface area contributed by atoms with Crippen LogP contribution in [-0.4, -0.2) is 55.2 Å². The minimum absolute atomic E-state index is 0.0583. The van der Waals surface area contributed by atoms with Crippen molar-refractivity contribution in [3.8, 4) is 0 Å². The van der Waals surface area contributed by atoms with Gasteiger partial charge in [-0.1, -0.05) is 0 Å². The molecule has 1 aliphatic heterocycles. The highest BCUT2D eigenvalue weighted by Crippen LogP contribution is 2.40. The maximum Gasteiger partial charge on any atom is 0.342 e. The first-order chi connectivity index (χ1) is 10.7. The zero-order valence-electron chi connectivity index (χ0n) is 14.2. The maximum atomic E-state index is 12.5. The van der Waals surface area contributed by atoms with Gasteiger partial charge in [-0.3, -0.25) is 4.79 Å². The summed E-state index contributed by atoms with van der Waals surface area (Å²) in [5.74, 6) is -3.63. The van der Waals surface area contributed by atoms with Crippen molar-refractivity contribution in [2.24, 2.45) is 0 Å². The second kappa shape index (κ2) is 7.74. The largest absolute Gasteiger partial charge is 0.466 e. The summed E-state index contributed by atoms with van der Waals surface area (Å²) in [5.41, 5.74) is -1.93. The number of carbonyl (C=O) groups excluding carboxylic acids is 3. The Bertz CT molecular complexity index is 458. The molecule has 0 aromatic heterocycles. The molecule has 2 atom stereocenters. The monoisotopic (exact) mass is 332 g/mol. The van der Waals surface area contributed by atoms with Crippen LogP contribution in [0.3, 0.4) is 0 Å². The van der Waals surface area contributed by atoms with Gasteiger partial charge in [0.15, 0.2) is 11.9 Å². The van der Waals surface area contributed by atoms with Crippen LogP contribution in [0.4, 0.5) is 0 Å². The molecule has 8 heteroatoms. The number of esters is 3. The van der Waals surface area contributed by atoms with E-state index in [0.717, 1.165) is 0 Å². The van der Waals surface area contributed by atoms with Gasteiger partial charge in [-0.15, -0.1) is 0 Å². The van der Waals surface area contributed by atoms with Crippen molar-refractivity contribution in [2.45, 2.75) is 58.5 Å². The lowest BCUT2D eigenvalue weighted by atomic mass is 9.92. The molecule has 0 saturated carbocycles. The molecule has 1 aliphatic rings. The fourth-order valence-electron chi connectivity index (χ4n) is 2.38. The molecule has 0 aliphatic carbocycles. The number of rotatable bonds is 7. The van der Waals surface area contributed by atoms with Gasteiger partial charge >= 0.3 is 17.9 Å². The van der Waals surface area contributed by atoms with Crippen LogP contribution < -0.4 is 0 Å². The van der Waals surface area contributed by atoms with Gasteiger partial charge < -0.3 is 23.7 Å². The highest BCUT2D eigenvalue weighted by Gasteiger charge is 2.64. The van der Waals surface area contributed by atoms with Crippen LogP contribution in [-0.2, 0) is 38.1 Å². The van der Waals surface area contributed by atoms with Gasteiger partial charge in [0, 0.05) is 0 Å².